The van der Waals surface area contributed by atoms with Gasteiger partial charge in [0.1, 0.15) is 12.6 Å². The molecule has 134 valence electrons. The molecule has 0 heterocycles. The van der Waals surface area contributed by atoms with Crippen molar-refractivity contribution in [1.29, 1.82) is 0 Å². The first-order valence-electron chi connectivity index (χ1n) is 7.12. The quantitative estimate of drug-likeness (QED) is 0.635. The van der Waals surface area contributed by atoms with Gasteiger partial charge in [-0.2, -0.15) is 4.72 Å². The molecule has 2 N–H and O–H groups in total. The average molecular weight is 449 g/mol. The van der Waals surface area contributed by atoms with Gasteiger partial charge in [-0.05, 0) is 30.3 Å². The number of carbonyl (C=O) groups excluding carboxylic acids is 1. The van der Waals surface area contributed by atoms with E-state index in [1.54, 1.807) is 36.4 Å². The van der Waals surface area contributed by atoms with Crippen LogP contribution in [0.1, 0.15) is 5.56 Å². The van der Waals surface area contributed by atoms with Crippen LogP contribution >= 0.6 is 27.5 Å². The zero-order valence-electron chi connectivity index (χ0n) is 12.9. The van der Waals surface area contributed by atoms with Crippen molar-refractivity contribution in [3.63, 3.8) is 0 Å². The van der Waals surface area contributed by atoms with Gasteiger partial charge in [-0.15, -0.1) is 0 Å². The van der Waals surface area contributed by atoms with Gasteiger partial charge in [0, 0.05) is 15.1 Å². The van der Waals surface area contributed by atoms with Crippen molar-refractivity contribution in [2.24, 2.45) is 0 Å². The molecular weight excluding hydrogens is 434 g/mol. The second kappa shape index (κ2) is 8.77. The molecule has 2 rings (SSSR count). The summed E-state index contributed by atoms with van der Waals surface area (Å²) in [4.78, 5) is 12.0. The summed E-state index contributed by atoms with van der Waals surface area (Å²) in [5.74, 6) is -0.900. The molecular formula is C16H15BrClNO5S. The highest BCUT2D eigenvalue weighted by Gasteiger charge is 2.26. The minimum atomic E-state index is -3.98. The largest absolute Gasteiger partial charge is 0.460 e. The van der Waals surface area contributed by atoms with Crippen LogP contribution in [-0.2, 0) is 26.2 Å². The molecule has 0 aliphatic rings. The Balaban J connectivity index is 2.04. The molecule has 0 bridgehead atoms. The fourth-order valence-electron chi connectivity index (χ4n) is 1.89. The number of aliphatic hydroxyl groups excluding tert-OH is 1. The Hall–Kier alpha value is -1.45. The van der Waals surface area contributed by atoms with E-state index in [9.17, 15) is 18.3 Å². The number of aliphatic hydroxyl groups is 1. The van der Waals surface area contributed by atoms with Gasteiger partial charge in [-0.3, -0.25) is 4.79 Å². The van der Waals surface area contributed by atoms with Gasteiger partial charge in [0.2, 0.25) is 10.0 Å². The summed E-state index contributed by atoms with van der Waals surface area (Å²) < 4.78 is 32.4. The molecule has 2 aromatic carbocycles. The topological polar surface area (TPSA) is 92.7 Å². The molecule has 2 aromatic rings. The van der Waals surface area contributed by atoms with Crippen LogP contribution in [0.25, 0.3) is 0 Å². The number of rotatable bonds is 7. The molecule has 0 aromatic heterocycles. The van der Waals surface area contributed by atoms with Crippen molar-refractivity contribution >= 4 is 43.5 Å². The zero-order chi connectivity index (χ0) is 18.4. The smallest absolute Gasteiger partial charge is 0.326 e. The third-order valence-corrected chi connectivity index (χ3v) is 5.60. The molecule has 0 aliphatic carbocycles. The van der Waals surface area contributed by atoms with Gasteiger partial charge in [-0.25, -0.2) is 8.42 Å². The Kier molecular flexibility index (Phi) is 6.97. The Labute approximate surface area is 158 Å². The fourth-order valence-corrected chi connectivity index (χ4v) is 3.52. The van der Waals surface area contributed by atoms with E-state index in [0.717, 1.165) is 0 Å². The molecule has 0 radical (unpaired) electrons. The van der Waals surface area contributed by atoms with Gasteiger partial charge < -0.3 is 9.84 Å². The minimum absolute atomic E-state index is 0.0342. The highest BCUT2D eigenvalue weighted by atomic mass is 79.9. The lowest BCUT2D eigenvalue weighted by Crippen LogP contribution is -2.44. The molecule has 0 amide bonds. The fraction of sp³-hybridized carbons (Fsp3) is 0.188. The number of hydrogen-bond acceptors (Lipinski definition) is 5. The number of carbonyl (C=O) groups is 1. The standard InChI is InChI=1S/C16H15BrClNO5S/c17-12-5-7-13(8-6-12)25(22,23)19-15(9-20)16(21)24-10-11-3-1-2-4-14(11)18/h1-8,15,19-20H,9-10H2. The zero-order valence-corrected chi connectivity index (χ0v) is 16.0. The van der Waals surface area contributed by atoms with Gasteiger partial charge in [0.15, 0.2) is 0 Å². The summed E-state index contributed by atoms with van der Waals surface area (Å²) in [6.45, 7) is -0.869. The SMILES string of the molecule is O=C(OCc1ccccc1Cl)C(CO)NS(=O)(=O)c1ccc(Br)cc1. The van der Waals surface area contributed by atoms with Gasteiger partial charge in [0.05, 0.1) is 11.5 Å². The van der Waals surface area contributed by atoms with Crippen molar-refractivity contribution in [3.05, 3.63) is 63.6 Å². The molecule has 0 aliphatic heterocycles. The highest BCUT2D eigenvalue weighted by molar-refractivity contribution is 9.10. The number of ether oxygens (including phenoxy) is 1. The summed E-state index contributed by atoms with van der Waals surface area (Å²) in [7, 11) is -3.98. The van der Waals surface area contributed by atoms with Gasteiger partial charge in [-0.1, -0.05) is 45.7 Å². The van der Waals surface area contributed by atoms with Crippen LogP contribution in [0.3, 0.4) is 0 Å². The molecule has 6 nitrogen and oxygen atoms in total. The maximum Gasteiger partial charge on any atom is 0.326 e. The number of esters is 1. The molecule has 0 saturated heterocycles. The van der Waals surface area contributed by atoms with Gasteiger partial charge in [0.25, 0.3) is 0 Å². The number of nitrogens with one attached hydrogen (secondary N) is 1. The Morgan fingerprint density at radius 2 is 1.84 bits per heavy atom. The average Bonchev–Trinajstić information content (AvgIpc) is 2.59. The first-order valence-corrected chi connectivity index (χ1v) is 9.77. The highest BCUT2D eigenvalue weighted by Crippen LogP contribution is 2.17. The van der Waals surface area contributed by atoms with Crippen molar-refractivity contribution in [3.8, 4) is 0 Å². The number of sulfonamides is 1. The molecule has 25 heavy (non-hydrogen) atoms. The van der Waals surface area contributed by atoms with Crippen LogP contribution in [0.15, 0.2) is 57.9 Å². The first-order chi connectivity index (χ1) is 11.8. The normalized spacial score (nSPS) is 12.6. The Bertz CT molecular complexity index is 842. The second-order valence-corrected chi connectivity index (χ2v) is 8.05. The van der Waals surface area contributed by atoms with Crippen molar-refractivity contribution in [2.75, 3.05) is 6.61 Å². The molecule has 9 heteroatoms. The lowest BCUT2D eigenvalue weighted by molar-refractivity contribution is -0.148. The molecule has 0 fully saturated rings. The van der Waals surface area contributed by atoms with Crippen LogP contribution in [0.4, 0.5) is 0 Å². The monoisotopic (exact) mass is 447 g/mol. The van der Waals surface area contributed by atoms with Gasteiger partial charge >= 0.3 is 5.97 Å². The minimum Gasteiger partial charge on any atom is -0.460 e. The predicted molar refractivity (Wildman–Crippen MR) is 96.6 cm³/mol. The summed E-state index contributed by atoms with van der Waals surface area (Å²) in [5, 5.41) is 9.76. The molecule has 1 atom stereocenters. The number of halogens is 2. The Morgan fingerprint density at radius 3 is 2.44 bits per heavy atom. The lowest BCUT2D eigenvalue weighted by atomic mass is 10.2. The van der Waals surface area contributed by atoms with Crippen molar-refractivity contribution < 1.29 is 23.1 Å². The van der Waals surface area contributed by atoms with E-state index in [2.05, 4.69) is 20.7 Å². The van der Waals surface area contributed by atoms with Crippen LogP contribution in [0.5, 0.6) is 0 Å². The van der Waals surface area contributed by atoms with E-state index in [-0.39, 0.29) is 11.5 Å². The number of benzene rings is 2. The van der Waals surface area contributed by atoms with E-state index >= 15 is 0 Å². The van der Waals surface area contributed by atoms with Crippen LogP contribution in [-0.4, -0.2) is 32.1 Å². The molecule has 0 saturated carbocycles. The van der Waals surface area contributed by atoms with E-state index in [0.29, 0.717) is 15.1 Å². The van der Waals surface area contributed by atoms with E-state index in [1.165, 1.54) is 12.1 Å². The molecule has 0 spiro atoms. The predicted octanol–water partition coefficient (Wildman–Crippen LogP) is 2.49. The third-order valence-electron chi connectivity index (χ3n) is 3.22. The summed E-state index contributed by atoms with van der Waals surface area (Å²) in [5.41, 5.74) is 0.574. The maximum absolute atomic E-state index is 12.3. The van der Waals surface area contributed by atoms with Crippen molar-refractivity contribution in [1.82, 2.24) is 4.72 Å². The third kappa shape index (κ3) is 5.52. The van der Waals surface area contributed by atoms with Crippen LogP contribution < -0.4 is 4.72 Å². The van der Waals surface area contributed by atoms with Crippen molar-refractivity contribution in [2.45, 2.75) is 17.5 Å². The summed E-state index contributed by atoms with van der Waals surface area (Å²) in [6.07, 6.45) is 0. The van der Waals surface area contributed by atoms with Crippen LogP contribution in [0.2, 0.25) is 5.02 Å². The first kappa shape index (κ1) is 19.9. The van der Waals surface area contributed by atoms with E-state index < -0.39 is 28.6 Å². The lowest BCUT2D eigenvalue weighted by Gasteiger charge is -2.16. The summed E-state index contributed by atoms with van der Waals surface area (Å²) in [6, 6.07) is 11.2. The maximum atomic E-state index is 12.3. The van der Waals surface area contributed by atoms with E-state index in [4.69, 9.17) is 16.3 Å². The summed E-state index contributed by atoms with van der Waals surface area (Å²) >= 11 is 9.17. The second-order valence-electron chi connectivity index (χ2n) is 5.01. The van der Waals surface area contributed by atoms with E-state index in [1.807, 2.05) is 0 Å². The molecule has 1 unspecified atom stereocenters. The number of hydrogen-bond donors (Lipinski definition) is 2. The Morgan fingerprint density at radius 1 is 1.20 bits per heavy atom. The van der Waals surface area contributed by atoms with Crippen LogP contribution in [0, 0.1) is 0 Å².